The van der Waals surface area contributed by atoms with Gasteiger partial charge in [-0.2, -0.15) is 5.10 Å². The van der Waals surface area contributed by atoms with Crippen molar-refractivity contribution in [2.45, 2.75) is 6.54 Å². The highest BCUT2D eigenvalue weighted by Crippen LogP contribution is 2.25. The average molecular weight is 417 g/mol. The lowest BCUT2D eigenvalue weighted by atomic mass is 10.2. The molecule has 154 valence electrons. The van der Waals surface area contributed by atoms with Gasteiger partial charge in [-0.3, -0.25) is 14.6 Å². The molecule has 1 aliphatic rings. The van der Waals surface area contributed by atoms with Gasteiger partial charge in [0.2, 0.25) is 0 Å². The first kappa shape index (κ1) is 21.1. The number of benzene rings is 2. The van der Waals surface area contributed by atoms with Crippen molar-refractivity contribution in [3.05, 3.63) is 58.6 Å². The Balaban J connectivity index is 1.40. The molecule has 1 aliphatic heterocycles. The topological polar surface area (TPSA) is 77.4 Å². The number of carbonyl (C=O) groups is 1. The molecular formula is C21H25ClN4O3. The highest BCUT2D eigenvalue weighted by Gasteiger charge is 2.18. The first-order chi connectivity index (χ1) is 14.0. The number of piperazine rings is 1. The van der Waals surface area contributed by atoms with Crippen LogP contribution in [0.4, 0.5) is 0 Å². The second-order valence-corrected chi connectivity index (χ2v) is 7.34. The number of carbonyl (C=O) groups excluding carboxylic acids is 1. The summed E-state index contributed by atoms with van der Waals surface area (Å²) in [6, 6.07) is 12.8. The second kappa shape index (κ2) is 10.2. The van der Waals surface area contributed by atoms with Crippen LogP contribution in [-0.4, -0.2) is 66.9 Å². The summed E-state index contributed by atoms with van der Waals surface area (Å²) >= 11 is 5.93. The fraction of sp³-hybridized carbons (Fsp3) is 0.333. The van der Waals surface area contributed by atoms with E-state index in [9.17, 15) is 9.90 Å². The Hall–Kier alpha value is -2.61. The fourth-order valence-corrected chi connectivity index (χ4v) is 3.27. The summed E-state index contributed by atoms with van der Waals surface area (Å²) in [4.78, 5) is 16.6. The average Bonchev–Trinajstić information content (AvgIpc) is 2.72. The number of phenols is 1. The van der Waals surface area contributed by atoms with E-state index in [4.69, 9.17) is 16.3 Å². The number of hydrogen-bond donors (Lipinski definition) is 2. The second-order valence-electron chi connectivity index (χ2n) is 6.90. The summed E-state index contributed by atoms with van der Waals surface area (Å²) in [5.74, 6) is 0.263. The predicted molar refractivity (Wildman–Crippen MR) is 114 cm³/mol. The van der Waals surface area contributed by atoms with Crippen LogP contribution >= 0.6 is 11.6 Å². The third-order valence-electron chi connectivity index (χ3n) is 4.76. The van der Waals surface area contributed by atoms with E-state index in [1.54, 1.807) is 12.1 Å². The van der Waals surface area contributed by atoms with E-state index in [-0.39, 0.29) is 11.7 Å². The number of hydrogen-bond acceptors (Lipinski definition) is 6. The van der Waals surface area contributed by atoms with E-state index in [1.807, 2.05) is 24.3 Å². The molecule has 3 rings (SSSR count). The van der Waals surface area contributed by atoms with Crippen LogP contribution in [0.15, 0.2) is 47.6 Å². The Morgan fingerprint density at radius 3 is 2.55 bits per heavy atom. The number of rotatable bonds is 7. The first-order valence-electron chi connectivity index (χ1n) is 9.41. The lowest BCUT2D eigenvalue weighted by Gasteiger charge is -2.34. The molecule has 2 aromatic rings. The lowest BCUT2D eigenvalue weighted by molar-refractivity contribution is -0.122. The van der Waals surface area contributed by atoms with Crippen LogP contribution in [0.1, 0.15) is 11.1 Å². The van der Waals surface area contributed by atoms with E-state index in [2.05, 4.69) is 20.3 Å². The van der Waals surface area contributed by atoms with Gasteiger partial charge in [0.15, 0.2) is 11.5 Å². The Morgan fingerprint density at radius 1 is 1.17 bits per heavy atom. The smallest absolute Gasteiger partial charge is 0.254 e. The molecule has 0 unspecified atom stereocenters. The van der Waals surface area contributed by atoms with Crippen LogP contribution in [-0.2, 0) is 11.3 Å². The summed E-state index contributed by atoms with van der Waals surface area (Å²) in [5, 5.41) is 14.3. The summed E-state index contributed by atoms with van der Waals surface area (Å²) in [6.07, 6.45) is 1.52. The molecular weight excluding hydrogens is 392 g/mol. The van der Waals surface area contributed by atoms with Crippen LogP contribution in [0.25, 0.3) is 0 Å². The van der Waals surface area contributed by atoms with Crippen LogP contribution in [0.5, 0.6) is 11.5 Å². The zero-order valence-electron chi connectivity index (χ0n) is 16.3. The highest BCUT2D eigenvalue weighted by atomic mass is 35.5. The molecule has 0 spiro atoms. The molecule has 29 heavy (non-hydrogen) atoms. The number of phenolic OH excluding ortho intramolecular Hbond substituents is 1. The van der Waals surface area contributed by atoms with Crippen molar-refractivity contribution in [3.8, 4) is 11.5 Å². The minimum absolute atomic E-state index is 0.0592. The number of nitrogens with zero attached hydrogens (tertiary/aromatic N) is 3. The SMILES string of the molecule is COc1cc(/C=N\NC(=O)CN2CCN(Cc3ccc(Cl)cc3)CC2)ccc1O. The maximum atomic E-state index is 12.1. The minimum Gasteiger partial charge on any atom is -0.504 e. The van der Waals surface area contributed by atoms with E-state index in [0.29, 0.717) is 12.3 Å². The summed E-state index contributed by atoms with van der Waals surface area (Å²) in [5.41, 5.74) is 4.50. The molecule has 7 nitrogen and oxygen atoms in total. The molecule has 0 radical (unpaired) electrons. The number of nitrogens with one attached hydrogen (secondary N) is 1. The van der Waals surface area contributed by atoms with Gasteiger partial charge in [-0.25, -0.2) is 5.43 Å². The van der Waals surface area contributed by atoms with Crippen LogP contribution in [0.2, 0.25) is 5.02 Å². The fourth-order valence-electron chi connectivity index (χ4n) is 3.15. The van der Waals surface area contributed by atoms with Crippen LogP contribution < -0.4 is 10.2 Å². The first-order valence-corrected chi connectivity index (χ1v) is 9.79. The Labute approximate surface area is 175 Å². The number of methoxy groups -OCH3 is 1. The third kappa shape index (κ3) is 6.45. The van der Waals surface area contributed by atoms with E-state index in [1.165, 1.54) is 25.0 Å². The van der Waals surface area contributed by atoms with Gasteiger partial charge in [0.05, 0.1) is 19.9 Å². The molecule has 0 aliphatic carbocycles. The van der Waals surface area contributed by atoms with Gasteiger partial charge < -0.3 is 9.84 Å². The Morgan fingerprint density at radius 2 is 1.86 bits per heavy atom. The lowest BCUT2D eigenvalue weighted by Crippen LogP contribution is -2.48. The van der Waals surface area contributed by atoms with Crippen molar-refractivity contribution in [2.75, 3.05) is 39.8 Å². The molecule has 0 aromatic heterocycles. The molecule has 2 aromatic carbocycles. The number of hydrazone groups is 1. The highest BCUT2D eigenvalue weighted by molar-refractivity contribution is 6.30. The molecule has 2 N–H and O–H groups in total. The zero-order chi connectivity index (χ0) is 20.6. The van der Waals surface area contributed by atoms with Crippen molar-refractivity contribution < 1.29 is 14.6 Å². The molecule has 0 bridgehead atoms. The summed E-state index contributed by atoms with van der Waals surface area (Å²) in [7, 11) is 1.48. The van der Waals surface area contributed by atoms with Gasteiger partial charge in [-0.05, 0) is 41.5 Å². The van der Waals surface area contributed by atoms with Crippen molar-refractivity contribution >= 4 is 23.7 Å². The van der Waals surface area contributed by atoms with Crippen molar-refractivity contribution in [2.24, 2.45) is 5.10 Å². The Bertz CT molecular complexity index is 850. The Kier molecular flexibility index (Phi) is 7.46. The van der Waals surface area contributed by atoms with E-state index in [0.717, 1.165) is 43.3 Å². The zero-order valence-corrected chi connectivity index (χ0v) is 17.1. The van der Waals surface area contributed by atoms with E-state index < -0.39 is 0 Å². The minimum atomic E-state index is -0.154. The van der Waals surface area contributed by atoms with Crippen molar-refractivity contribution in [1.82, 2.24) is 15.2 Å². The third-order valence-corrected chi connectivity index (χ3v) is 5.01. The van der Waals surface area contributed by atoms with Gasteiger partial charge in [-0.1, -0.05) is 23.7 Å². The predicted octanol–water partition coefficient (Wildman–Crippen LogP) is 2.32. The van der Waals surface area contributed by atoms with E-state index >= 15 is 0 Å². The monoisotopic (exact) mass is 416 g/mol. The van der Waals surface area contributed by atoms with Gasteiger partial charge in [0.1, 0.15) is 0 Å². The number of aromatic hydroxyl groups is 1. The standard InChI is InChI=1S/C21H25ClN4O3/c1-29-20-12-17(4-7-19(20)27)13-23-24-21(28)15-26-10-8-25(9-11-26)14-16-2-5-18(22)6-3-16/h2-7,12-13,27H,8-11,14-15H2,1H3,(H,24,28)/b23-13-. The molecule has 0 atom stereocenters. The van der Waals surface area contributed by atoms with Crippen LogP contribution in [0.3, 0.4) is 0 Å². The molecule has 1 amide bonds. The molecule has 1 heterocycles. The quantitative estimate of drug-likeness (QED) is 0.535. The largest absolute Gasteiger partial charge is 0.504 e. The summed E-state index contributed by atoms with van der Waals surface area (Å²) < 4.78 is 5.05. The number of halogens is 1. The summed E-state index contributed by atoms with van der Waals surface area (Å²) in [6.45, 7) is 4.68. The van der Waals surface area contributed by atoms with Gasteiger partial charge >= 0.3 is 0 Å². The normalized spacial score (nSPS) is 15.5. The van der Waals surface area contributed by atoms with Gasteiger partial charge in [0, 0.05) is 37.7 Å². The van der Waals surface area contributed by atoms with Gasteiger partial charge in [-0.15, -0.1) is 0 Å². The molecule has 8 heteroatoms. The number of amides is 1. The number of ether oxygens (including phenoxy) is 1. The molecule has 1 saturated heterocycles. The maximum absolute atomic E-state index is 12.1. The molecule has 1 fully saturated rings. The van der Waals surface area contributed by atoms with Crippen molar-refractivity contribution in [3.63, 3.8) is 0 Å². The van der Waals surface area contributed by atoms with Crippen molar-refractivity contribution in [1.29, 1.82) is 0 Å². The van der Waals surface area contributed by atoms with Crippen LogP contribution in [0, 0.1) is 0 Å². The molecule has 0 saturated carbocycles. The maximum Gasteiger partial charge on any atom is 0.254 e. The van der Waals surface area contributed by atoms with Gasteiger partial charge in [0.25, 0.3) is 5.91 Å².